The van der Waals surface area contributed by atoms with Crippen LogP contribution in [0.5, 0.6) is 5.75 Å². The number of unbranched alkanes of at least 4 members (excludes halogenated alkanes) is 1. The van der Waals surface area contributed by atoms with E-state index in [0.29, 0.717) is 30.9 Å². The lowest BCUT2D eigenvalue weighted by Gasteiger charge is -2.32. The molecule has 1 heterocycles. The molecule has 3 N–H and O–H groups in total. The molecule has 0 saturated carbocycles. The highest BCUT2D eigenvalue weighted by atomic mass is 32.1. The molecular formula is C31H43N3O7S. The minimum absolute atomic E-state index is 0.115. The van der Waals surface area contributed by atoms with Gasteiger partial charge < -0.3 is 20.3 Å². The van der Waals surface area contributed by atoms with Crippen molar-refractivity contribution in [3.05, 3.63) is 45.9 Å². The van der Waals surface area contributed by atoms with Crippen molar-refractivity contribution < 1.29 is 34.2 Å². The van der Waals surface area contributed by atoms with Gasteiger partial charge in [-0.25, -0.2) is 4.98 Å². The van der Waals surface area contributed by atoms with Crippen molar-refractivity contribution in [1.29, 1.82) is 0 Å². The summed E-state index contributed by atoms with van der Waals surface area (Å²) >= 11 is 1.22. The maximum absolute atomic E-state index is 13.3. The fourth-order valence-electron chi connectivity index (χ4n) is 4.53. The monoisotopic (exact) mass is 601 g/mol. The van der Waals surface area contributed by atoms with Crippen molar-refractivity contribution in [3.8, 4) is 18.1 Å². The molecule has 1 aromatic heterocycles. The van der Waals surface area contributed by atoms with Gasteiger partial charge in [0.1, 0.15) is 16.5 Å². The van der Waals surface area contributed by atoms with Gasteiger partial charge >= 0.3 is 11.9 Å². The molecule has 42 heavy (non-hydrogen) atoms. The number of thiazole rings is 1. The molecule has 2 aromatic rings. The summed E-state index contributed by atoms with van der Waals surface area (Å²) in [7, 11) is 1.83. The number of rotatable bonds is 17. The van der Waals surface area contributed by atoms with Crippen LogP contribution in [0.4, 0.5) is 0 Å². The Morgan fingerprint density at radius 1 is 1.21 bits per heavy atom. The fourth-order valence-corrected chi connectivity index (χ4v) is 5.37. The van der Waals surface area contributed by atoms with E-state index in [-0.39, 0.29) is 29.8 Å². The third kappa shape index (κ3) is 11.1. The first-order chi connectivity index (χ1) is 19.7. The first kappa shape index (κ1) is 34.7. The van der Waals surface area contributed by atoms with E-state index in [9.17, 15) is 24.6 Å². The summed E-state index contributed by atoms with van der Waals surface area (Å²) in [6.45, 7) is 9.10. The van der Waals surface area contributed by atoms with Gasteiger partial charge in [0, 0.05) is 44.3 Å². The smallest absolute Gasteiger partial charge is 0.309 e. The van der Waals surface area contributed by atoms with Crippen molar-refractivity contribution in [2.45, 2.75) is 84.9 Å². The van der Waals surface area contributed by atoms with E-state index in [1.54, 1.807) is 48.6 Å². The van der Waals surface area contributed by atoms with E-state index in [0.717, 1.165) is 12.0 Å². The highest BCUT2D eigenvalue weighted by molar-refractivity contribution is 7.09. The first-order valence-electron chi connectivity index (χ1n) is 14.0. The van der Waals surface area contributed by atoms with Crippen LogP contribution in [0.2, 0.25) is 0 Å². The molecule has 1 aromatic carbocycles. The molecule has 1 amide bonds. The highest BCUT2D eigenvalue weighted by Gasteiger charge is 2.33. The Bertz CT molecular complexity index is 1220. The second-order valence-corrected chi connectivity index (χ2v) is 12.2. The van der Waals surface area contributed by atoms with Crippen molar-refractivity contribution in [3.63, 3.8) is 0 Å². The van der Waals surface area contributed by atoms with Gasteiger partial charge in [-0.15, -0.1) is 23.7 Å². The molecule has 0 aliphatic rings. The third-order valence-corrected chi connectivity index (χ3v) is 7.82. The van der Waals surface area contributed by atoms with Crippen molar-refractivity contribution >= 4 is 29.2 Å². The second kappa shape index (κ2) is 16.2. The summed E-state index contributed by atoms with van der Waals surface area (Å²) in [6, 6.07) is 5.91. The average molecular weight is 602 g/mol. The average Bonchev–Trinajstić information content (AvgIpc) is 3.40. The lowest BCUT2D eigenvalue weighted by Crippen LogP contribution is -2.41. The lowest BCUT2D eigenvalue weighted by atomic mass is 9.84. The Kier molecular flexibility index (Phi) is 13.4. The third-order valence-electron chi connectivity index (χ3n) is 6.88. The molecule has 2 rings (SSSR count). The number of aromatic hydroxyl groups is 1. The number of aliphatic carboxylic acids is 1. The zero-order valence-electron chi connectivity index (χ0n) is 25.3. The number of hydrogen-bond donors (Lipinski definition) is 3. The number of aromatic nitrogens is 1. The van der Waals surface area contributed by atoms with Crippen LogP contribution < -0.4 is 5.32 Å². The van der Waals surface area contributed by atoms with Crippen molar-refractivity contribution in [1.82, 2.24) is 15.4 Å². The maximum atomic E-state index is 13.3. The number of nitrogens with one attached hydrogen (secondary N) is 1. The summed E-state index contributed by atoms with van der Waals surface area (Å²) in [5.74, 6) is 0.959. The number of carboxylic acid groups (broad SMARTS) is 1. The van der Waals surface area contributed by atoms with E-state index in [1.165, 1.54) is 18.3 Å². The van der Waals surface area contributed by atoms with E-state index in [1.807, 2.05) is 20.9 Å². The molecule has 0 aliphatic carbocycles. The Morgan fingerprint density at radius 3 is 2.45 bits per heavy atom. The minimum atomic E-state index is -1.09. The topological polar surface area (TPSA) is 138 Å². The largest absolute Gasteiger partial charge is 0.508 e. The van der Waals surface area contributed by atoms with E-state index < -0.39 is 35.4 Å². The molecule has 10 nitrogen and oxygen atoms in total. The first-order valence-corrected chi connectivity index (χ1v) is 14.9. The summed E-state index contributed by atoms with van der Waals surface area (Å²) < 4.78 is 5.65. The van der Waals surface area contributed by atoms with Crippen LogP contribution in [0.1, 0.15) is 87.5 Å². The second-order valence-electron chi connectivity index (χ2n) is 11.3. The number of hydroxylamine groups is 2. The Labute approximate surface area is 252 Å². The highest BCUT2D eigenvalue weighted by Crippen LogP contribution is 2.31. The fraction of sp³-hybridized carbons (Fsp3) is 0.548. The number of phenolic OH excluding ortho intramolecular Hbond substituents is 1. The predicted molar refractivity (Wildman–Crippen MR) is 161 cm³/mol. The molecule has 3 unspecified atom stereocenters. The number of esters is 1. The minimum Gasteiger partial charge on any atom is -0.508 e. The number of carbonyl (C=O) groups is 3. The molecular weight excluding hydrogens is 558 g/mol. The molecule has 11 heteroatoms. The van der Waals surface area contributed by atoms with Crippen LogP contribution in [-0.4, -0.2) is 63.8 Å². The van der Waals surface area contributed by atoms with E-state index in [2.05, 4.69) is 16.2 Å². The van der Waals surface area contributed by atoms with Gasteiger partial charge in [0.15, 0.2) is 6.10 Å². The van der Waals surface area contributed by atoms with Crippen LogP contribution >= 0.6 is 11.3 Å². The van der Waals surface area contributed by atoms with Crippen LogP contribution in [0, 0.1) is 23.7 Å². The molecule has 0 radical (unpaired) electrons. The standard InChI is InChI=1S/C31H43N3O7S/c1-8-9-10-15-40-34(7)26(20(2)3)17-27(41-21(4)35)29-33-25(19-42-29)28(37)32-23(18-31(5,6)30(38)39)16-22-11-13-24(36)14-12-22/h1,11-14,19-20,23,26-27,36H,9-10,15-18H2,2-7H3,(H,32,37)(H,38,39). The number of ether oxygens (including phenoxy) is 1. The predicted octanol–water partition coefficient (Wildman–Crippen LogP) is 4.99. The summed E-state index contributed by atoms with van der Waals surface area (Å²) in [5, 5.41) is 26.1. The zero-order valence-corrected chi connectivity index (χ0v) is 26.1. The number of amides is 1. The molecule has 0 fully saturated rings. The Balaban J connectivity index is 2.23. The zero-order chi connectivity index (χ0) is 31.4. The Hall–Kier alpha value is -3.46. The SMILES string of the molecule is C#CCCCON(C)C(CC(OC(C)=O)c1nc(C(=O)NC(Cc2ccc(O)cc2)CC(C)(C)C(=O)O)cs1)C(C)C. The molecule has 0 spiro atoms. The number of terminal acetylenes is 1. The summed E-state index contributed by atoms with van der Waals surface area (Å²) in [5.41, 5.74) is -0.113. The normalized spacial score (nSPS) is 13.8. The van der Waals surface area contributed by atoms with Crippen LogP contribution in [0.25, 0.3) is 0 Å². The van der Waals surface area contributed by atoms with Gasteiger partial charge in [-0.3, -0.25) is 19.2 Å². The van der Waals surface area contributed by atoms with Crippen LogP contribution in [-0.2, 0) is 25.6 Å². The van der Waals surface area contributed by atoms with E-state index in [4.69, 9.17) is 16.0 Å². The number of carboxylic acids is 1. The van der Waals surface area contributed by atoms with Gasteiger partial charge in [-0.2, -0.15) is 5.06 Å². The Morgan fingerprint density at radius 2 is 1.88 bits per heavy atom. The van der Waals surface area contributed by atoms with Gasteiger partial charge in [-0.05, 0) is 56.7 Å². The number of carbonyl (C=O) groups excluding carboxylic acids is 2. The number of phenols is 1. The van der Waals surface area contributed by atoms with Crippen molar-refractivity contribution in [2.75, 3.05) is 13.7 Å². The van der Waals surface area contributed by atoms with Gasteiger partial charge in [0.25, 0.3) is 5.91 Å². The molecule has 0 bridgehead atoms. The maximum Gasteiger partial charge on any atom is 0.309 e. The van der Waals surface area contributed by atoms with Crippen molar-refractivity contribution in [2.24, 2.45) is 11.3 Å². The van der Waals surface area contributed by atoms with Gasteiger partial charge in [0.2, 0.25) is 0 Å². The summed E-state index contributed by atoms with van der Waals surface area (Å²) in [6.07, 6.45) is 6.90. The number of nitrogens with zero attached hydrogens (tertiary/aromatic N) is 2. The molecule has 230 valence electrons. The van der Waals surface area contributed by atoms with Crippen LogP contribution in [0.3, 0.4) is 0 Å². The quantitative estimate of drug-likeness (QED) is 0.0991. The number of benzene rings is 1. The van der Waals surface area contributed by atoms with Crippen LogP contribution in [0.15, 0.2) is 29.6 Å². The van der Waals surface area contributed by atoms with Gasteiger partial charge in [0.05, 0.1) is 12.0 Å². The van der Waals surface area contributed by atoms with Gasteiger partial charge in [-0.1, -0.05) is 26.0 Å². The number of hydrogen-bond acceptors (Lipinski definition) is 9. The molecule has 0 saturated heterocycles. The molecule has 3 atom stereocenters. The van der Waals surface area contributed by atoms with E-state index >= 15 is 0 Å². The summed E-state index contributed by atoms with van der Waals surface area (Å²) in [4.78, 5) is 47.5. The molecule has 0 aliphatic heterocycles. The lowest BCUT2D eigenvalue weighted by molar-refractivity contribution is -0.186.